The van der Waals surface area contributed by atoms with Gasteiger partial charge in [0.25, 0.3) is 5.91 Å². The topological polar surface area (TPSA) is 59.2 Å². The molecule has 3 rings (SSSR count). The van der Waals surface area contributed by atoms with Gasteiger partial charge in [-0.05, 0) is 25.7 Å². The number of hydrogen-bond donors (Lipinski definition) is 0. The number of hydrogen-bond acceptors (Lipinski definition) is 5. The first kappa shape index (κ1) is 16.2. The Hall–Kier alpha value is -1.69. The van der Waals surface area contributed by atoms with Crippen molar-refractivity contribution in [3.05, 3.63) is 33.6 Å². The van der Waals surface area contributed by atoms with Gasteiger partial charge in [0.1, 0.15) is 0 Å². The zero-order valence-corrected chi connectivity index (χ0v) is 14.9. The zero-order chi connectivity index (χ0) is 16.6. The number of rotatable bonds is 3. The van der Waals surface area contributed by atoms with Crippen molar-refractivity contribution < 1.29 is 9.32 Å². The van der Waals surface area contributed by atoms with E-state index in [2.05, 4.69) is 24.0 Å². The maximum atomic E-state index is 12.6. The first-order valence-corrected chi connectivity index (χ1v) is 8.89. The highest BCUT2D eigenvalue weighted by Gasteiger charge is 2.36. The quantitative estimate of drug-likeness (QED) is 0.858. The lowest BCUT2D eigenvalue weighted by atomic mass is 9.81. The summed E-state index contributed by atoms with van der Waals surface area (Å²) in [6.07, 6.45) is 3.79. The molecule has 2 aromatic heterocycles. The molecule has 0 saturated carbocycles. The second kappa shape index (κ2) is 6.07. The molecule has 3 heterocycles. The van der Waals surface area contributed by atoms with Crippen molar-refractivity contribution in [2.75, 3.05) is 13.1 Å². The molecule has 2 aromatic rings. The molecule has 0 unspecified atom stereocenters. The van der Waals surface area contributed by atoms with Crippen LogP contribution in [-0.2, 0) is 5.41 Å². The van der Waals surface area contributed by atoms with Gasteiger partial charge in [-0.3, -0.25) is 4.79 Å². The molecule has 0 atom stereocenters. The van der Waals surface area contributed by atoms with E-state index in [0.29, 0.717) is 5.76 Å². The molecular weight excluding hydrogens is 310 g/mol. The second-order valence-corrected chi connectivity index (χ2v) is 8.13. The number of piperidine rings is 1. The van der Waals surface area contributed by atoms with Crippen LogP contribution in [0.3, 0.4) is 0 Å². The van der Waals surface area contributed by atoms with E-state index in [-0.39, 0.29) is 17.2 Å². The molecular formula is C17H23N3O2S. The Balaban J connectivity index is 1.67. The molecule has 0 radical (unpaired) electrons. The fraction of sp³-hybridized carbons (Fsp3) is 0.588. The van der Waals surface area contributed by atoms with Crippen molar-refractivity contribution >= 4 is 17.2 Å². The third-order valence-electron chi connectivity index (χ3n) is 4.62. The van der Waals surface area contributed by atoms with E-state index >= 15 is 0 Å². The lowest BCUT2D eigenvalue weighted by Gasteiger charge is -2.37. The minimum absolute atomic E-state index is 0.0539. The van der Waals surface area contributed by atoms with Crippen LogP contribution in [0.2, 0.25) is 0 Å². The van der Waals surface area contributed by atoms with E-state index in [9.17, 15) is 4.79 Å². The molecule has 1 amide bonds. The SMILES string of the molecule is Cc1cnc(C2(C)CCN(C(=O)c3cc(C(C)C)no3)CC2)s1. The van der Waals surface area contributed by atoms with Gasteiger partial charge in [-0.2, -0.15) is 0 Å². The van der Waals surface area contributed by atoms with E-state index in [1.54, 1.807) is 17.4 Å². The van der Waals surface area contributed by atoms with Crippen molar-refractivity contribution in [3.8, 4) is 0 Å². The van der Waals surface area contributed by atoms with Crippen molar-refractivity contribution in [1.82, 2.24) is 15.0 Å². The van der Waals surface area contributed by atoms with E-state index in [4.69, 9.17) is 4.52 Å². The van der Waals surface area contributed by atoms with Gasteiger partial charge in [-0.1, -0.05) is 25.9 Å². The minimum Gasteiger partial charge on any atom is -0.351 e. The molecule has 0 aliphatic carbocycles. The van der Waals surface area contributed by atoms with E-state index in [1.165, 1.54) is 9.88 Å². The largest absolute Gasteiger partial charge is 0.351 e. The van der Waals surface area contributed by atoms with Crippen LogP contribution < -0.4 is 0 Å². The smallest absolute Gasteiger partial charge is 0.292 e. The summed E-state index contributed by atoms with van der Waals surface area (Å²) in [5.41, 5.74) is 0.897. The normalized spacial score (nSPS) is 17.7. The minimum atomic E-state index is -0.0539. The van der Waals surface area contributed by atoms with Crippen LogP contribution in [0, 0.1) is 6.92 Å². The van der Waals surface area contributed by atoms with Crippen molar-refractivity contribution in [2.24, 2.45) is 0 Å². The fourth-order valence-electron chi connectivity index (χ4n) is 2.87. The summed E-state index contributed by atoms with van der Waals surface area (Å²) in [4.78, 5) is 20.2. The average molecular weight is 333 g/mol. The first-order chi connectivity index (χ1) is 10.9. The van der Waals surface area contributed by atoms with Crippen LogP contribution in [0.5, 0.6) is 0 Å². The van der Waals surface area contributed by atoms with Crippen LogP contribution in [-0.4, -0.2) is 34.0 Å². The monoisotopic (exact) mass is 333 g/mol. The van der Waals surface area contributed by atoms with Crippen molar-refractivity contribution in [3.63, 3.8) is 0 Å². The lowest BCUT2D eigenvalue weighted by molar-refractivity contribution is 0.0634. The summed E-state index contributed by atoms with van der Waals surface area (Å²) in [6.45, 7) is 9.86. The molecule has 0 bridgehead atoms. The molecule has 0 spiro atoms. The number of thiazole rings is 1. The van der Waals surface area contributed by atoms with E-state index < -0.39 is 0 Å². The Morgan fingerprint density at radius 3 is 2.61 bits per heavy atom. The van der Waals surface area contributed by atoms with Gasteiger partial charge in [0, 0.05) is 35.6 Å². The second-order valence-electron chi connectivity index (χ2n) is 6.90. The Bertz CT molecular complexity index is 696. The van der Waals surface area contributed by atoms with Gasteiger partial charge in [0.2, 0.25) is 5.76 Å². The van der Waals surface area contributed by atoms with Gasteiger partial charge >= 0.3 is 0 Å². The number of carbonyl (C=O) groups is 1. The van der Waals surface area contributed by atoms with Crippen molar-refractivity contribution in [1.29, 1.82) is 0 Å². The molecule has 124 valence electrons. The molecule has 0 N–H and O–H groups in total. The first-order valence-electron chi connectivity index (χ1n) is 8.08. The van der Waals surface area contributed by atoms with Crippen LogP contribution in [0.25, 0.3) is 0 Å². The van der Waals surface area contributed by atoms with Gasteiger partial charge in [-0.25, -0.2) is 4.98 Å². The molecule has 1 saturated heterocycles. The highest BCUT2D eigenvalue weighted by atomic mass is 32.1. The van der Waals surface area contributed by atoms with Crippen LogP contribution in [0.4, 0.5) is 0 Å². The maximum absolute atomic E-state index is 12.6. The molecule has 6 heteroatoms. The fourth-order valence-corrected chi connectivity index (χ4v) is 3.83. The molecule has 0 aromatic carbocycles. The summed E-state index contributed by atoms with van der Waals surface area (Å²) in [5.74, 6) is 0.558. The Morgan fingerprint density at radius 1 is 1.39 bits per heavy atom. The number of aromatic nitrogens is 2. The summed E-state index contributed by atoms with van der Waals surface area (Å²) >= 11 is 1.76. The number of carbonyl (C=O) groups excluding carboxylic acids is 1. The Labute approximate surface area is 140 Å². The summed E-state index contributed by atoms with van der Waals surface area (Å²) in [6, 6.07) is 1.77. The summed E-state index contributed by atoms with van der Waals surface area (Å²) in [7, 11) is 0. The third-order valence-corrected chi connectivity index (χ3v) is 5.84. The predicted molar refractivity (Wildman–Crippen MR) is 89.9 cm³/mol. The number of aryl methyl sites for hydroxylation is 1. The molecule has 5 nitrogen and oxygen atoms in total. The van der Waals surface area contributed by atoms with Gasteiger partial charge in [0.05, 0.1) is 10.7 Å². The third kappa shape index (κ3) is 3.17. The lowest BCUT2D eigenvalue weighted by Crippen LogP contribution is -2.43. The summed E-state index contributed by atoms with van der Waals surface area (Å²) < 4.78 is 5.23. The average Bonchev–Trinajstić information content (AvgIpc) is 3.16. The van der Waals surface area contributed by atoms with Gasteiger partial charge < -0.3 is 9.42 Å². The van der Waals surface area contributed by atoms with Crippen LogP contribution >= 0.6 is 11.3 Å². The number of nitrogens with zero attached hydrogens (tertiary/aromatic N) is 3. The molecule has 1 fully saturated rings. The van der Waals surface area contributed by atoms with Crippen molar-refractivity contribution in [2.45, 2.75) is 51.9 Å². The van der Waals surface area contributed by atoms with Gasteiger partial charge in [-0.15, -0.1) is 11.3 Å². The van der Waals surface area contributed by atoms with E-state index in [1.807, 2.05) is 24.9 Å². The number of likely N-dealkylation sites (tertiary alicyclic amines) is 1. The standard InChI is InChI=1S/C17H23N3O2S/c1-11(2)13-9-14(22-19-13)15(21)20-7-5-17(4,6-8-20)16-18-10-12(3)23-16/h9-11H,5-8H2,1-4H3. The molecule has 23 heavy (non-hydrogen) atoms. The van der Waals surface area contributed by atoms with Gasteiger partial charge in [0.15, 0.2) is 0 Å². The highest BCUT2D eigenvalue weighted by molar-refractivity contribution is 7.11. The zero-order valence-electron chi connectivity index (χ0n) is 14.1. The molecule has 1 aliphatic heterocycles. The van der Waals surface area contributed by atoms with E-state index in [0.717, 1.165) is 31.6 Å². The van der Waals surface area contributed by atoms with Crippen LogP contribution in [0.1, 0.15) is 65.7 Å². The maximum Gasteiger partial charge on any atom is 0.292 e. The highest BCUT2D eigenvalue weighted by Crippen LogP contribution is 2.37. The van der Waals surface area contributed by atoms with Crippen LogP contribution in [0.15, 0.2) is 16.8 Å². The number of amides is 1. The Kier molecular flexibility index (Phi) is 4.27. The Morgan fingerprint density at radius 2 is 2.09 bits per heavy atom. The summed E-state index contributed by atoms with van der Waals surface area (Å²) in [5, 5.41) is 5.16. The predicted octanol–water partition coefficient (Wildman–Crippen LogP) is 3.76. The molecule has 1 aliphatic rings.